The van der Waals surface area contributed by atoms with Crippen LogP contribution in [0.1, 0.15) is 48.7 Å². The van der Waals surface area contributed by atoms with Gasteiger partial charge in [0, 0.05) is 43.2 Å². The van der Waals surface area contributed by atoms with Gasteiger partial charge in [0.15, 0.2) is 5.82 Å². The zero-order valence-electron chi connectivity index (χ0n) is 20.1. The third-order valence-electron chi connectivity index (χ3n) is 6.78. The molecule has 0 aromatic carbocycles. The minimum atomic E-state index is -0.579. The molecular weight excluding hydrogens is 442 g/mol. The Morgan fingerprint density at radius 3 is 2.46 bits per heavy atom. The molecule has 1 spiro atoms. The van der Waals surface area contributed by atoms with Gasteiger partial charge in [-0.2, -0.15) is 0 Å². The smallest absolute Gasteiger partial charge is 0.252 e. The molecule has 0 unspecified atom stereocenters. The van der Waals surface area contributed by atoms with Crippen molar-refractivity contribution in [2.24, 2.45) is 11.1 Å². The Labute approximate surface area is 204 Å². The van der Waals surface area contributed by atoms with Gasteiger partial charge in [0.05, 0.1) is 28.8 Å². The Kier molecular flexibility index (Phi) is 6.21. The first kappa shape index (κ1) is 23.0. The van der Waals surface area contributed by atoms with Crippen molar-refractivity contribution in [3.63, 3.8) is 0 Å². The summed E-state index contributed by atoms with van der Waals surface area (Å²) in [6.45, 7) is 8.48. The Balaban J connectivity index is 1.30. The molecule has 0 atom stereocenters. The molecule has 5 rings (SSSR count). The van der Waals surface area contributed by atoms with E-state index in [1.54, 1.807) is 18.5 Å². The number of amides is 1. The van der Waals surface area contributed by atoms with Crippen LogP contribution < -0.4 is 26.6 Å². The predicted molar refractivity (Wildman–Crippen MR) is 136 cm³/mol. The van der Waals surface area contributed by atoms with Crippen LogP contribution in [0.2, 0.25) is 0 Å². The fraction of sp³-hybridized carbons (Fsp3) is 0.400. The van der Waals surface area contributed by atoms with E-state index in [0.717, 1.165) is 37.6 Å². The Bertz CT molecular complexity index is 1200. The fourth-order valence-electron chi connectivity index (χ4n) is 4.82. The molecular formula is C25H31N9O. The molecule has 2 saturated heterocycles. The lowest BCUT2D eigenvalue weighted by molar-refractivity contribution is 0.100. The first-order valence-electron chi connectivity index (χ1n) is 12.0. The number of anilines is 5. The van der Waals surface area contributed by atoms with Crippen LogP contribution in [0.4, 0.5) is 28.8 Å². The van der Waals surface area contributed by atoms with Crippen molar-refractivity contribution < 1.29 is 4.79 Å². The normalized spacial score (nSPS) is 16.7. The van der Waals surface area contributed by atoms with Crippen LogP contribution in [-0.2, 0) is 0 Å². The zero-order valence-corrected chi connectivity index (χ0v) is 20.1. The highest BCUT2D eigenvalue weighted by Gasteiger charge is 2.43. The number of primary amides is 1. The second-order valence-corrected chi connectivity index (χ2v) is 9.68. The SMILES string of the molecule is CC(C)c1nccnc1Nc1cc(Nc2ccc(N3CC4(CCNCC4)C3)cn2)ncc1C(N)=O. The third kappa shape index (κ3) is 4.88. The molecule has 5 heterocycles. The van der Waals surface area contributed by atoms with Gasteiger partial charge in [-0.1, -0.05) is 13.8 Å². The molecule has 35 heavy (non-hydrogen) atoms. The van der Waals surface area contributed by atoms with Crippen molar-refractivity contribution in [1.82, 2.24) is 25.3 Å². The van der Waals surface area contributed by atoms with Crippen molar-refractivity contribution in [3.8, 4) is 0 Å². The molecule has 0 aliphatic carbocycles. The summed E-state index contributed by atoms with van der Waals surface area (Å²) < 4.78 is 0. The van der Waals surface area contributed by atoms with E-state index < -0.39 is 5.91 Å². The van der Waals surface area contributed by atoms with Gasteiger partial charge in [0.1, 0.15) is 11.6 Å². The molecule has 2 aliphatic heterocycles. The van der Waals surface area contributed by atoms with Gasteiger partial charge in [-0.05, 0) is 44.0 Å². The highest BCUT2D eigenvalue weighted by atomic mass is 16.1. The lowest BCUT2D eigenvalue weighted by atomic mass is 9.72. The van der Waals surface area contributed by atoms with Crippen molar-refractivity contribution in [2.75, 3.05) is 41.7 Å². The molecule has 3 aromatic heterocycles. The van der Waals surface area contributed by atoms with Crippen molar-refractivity contribution in [2.45, 2.75) is 32.6 Å². The number of pyridine rings is 2. The first-order valence-corrected chi connectivity index (χ1v) is 12.0. The van der Waals surface area contributed by atoms with Gasteiger partial charge >= 0.3 is 0 Å². The topological polar surface area (TPSA) is 134 Å². The van der Waals surface area contributed by atoms with E-state index in [2.05, 4.69) is 46.9 Å². The van der Waals surface area contributed by atoms with Crippen LogP contribution in [0.3, 0.4) is 0 Å². The third-order valence-corrected chi connectivity index (χ3v) is 6.78. The molecule has 0 saturated carbocycles. The fourth-order valence-corrected chi connectivity index (χ4v) is 4.82. The summed E-state index contributed by atoms with van der Waals surface area (Å²) in [5.41, 5.74) is 8.75. The highest BCUT2D eigenvalue weighted by molar-refractivity contribution is 5.99. The van der Waals surface area contributed by atoms with Gasteiger partial charge in [-0.3, -0.25) is 9.78 Å². The number of nitrogens with zero attached hydrogens (tertiary/aromatic N) is 5. The van der Waals surface area contributed by atoms with E-state index in [4.69, 9.17) is 5.73 Å². The van der Waals surface area contributed by atoms with Crippen molar-refractivity contribution in [1.29, 1.82) is 0 Å². The highest BCUT2D eigenvalue weighted by Crippen LogP contribution is 2.41. The monoisotopic (exact) mass is 473 g/mol. The largest absolute Gasteiger partial charge is 0.369 e. The summed E-state index contributed by atoms with van der Waals surface area (Å²) in [4.78, 5) is 32.1. The van der Waals surface area contributed by atoms with E-state index in [1.165, 1.54) is 19.0 Å². The number of hydrogen-bond donors (Lipinski definition) is 4. The molecule has 5 N–H and O–H groups in total. The van der Waals surface area contributed by atoms with E-state index in [9.17, 15) is 4.79 Å². The van der Waals surface area contributed by atoms with Crippen LogP contribution in [0, 0.1) is 5.41 Å². The van der Waals surface area contributed by atoms with Gasteiger partial charge in [0.2, 0.25) is 0 Å². The number of carbonyl (C=O) groups is 1. The van der Waals surface area contributed by atoms with E-state index in [-0.39, 0.29) is 11.5 Å². The number of aromatic nitrogens is 4. The second kappa shape index (κ2) is 9.46. The van der Waals surface area contributed by atoms with Gasteiger partial charge < -0.3 is 26.6 Å². The maximum Gasteiger partial charge on any atom is 0.252 e. The van der Waals surface area contributed by atoms with Gasteiger partial charge in [-0.15, -0.1) is 0 Å². The number of hydrogen-bond acceptors (Lipinski definition) is 9. The molecule has 0 radical (unpaired) electrons. The van der Waals surface area contributed by atoms with Gasteiger partial charge in [0.25, 0.3) is 5.91 Å². The lowest BCUT2D eigenvalue weighted by Crippen LogP contribution is -2.60. The van der Waals surface area contributed by atoms with E-state index >= 15 is 0 Å². The molecule has 1 amide bonds. The molecule has 182 valence electrons. The maximum atomic E-state index is 12.0. The summed E-state index contributed by atoms with van der Waals surface area (Å²) in [5, 5.41) is 9.87. The molecule has 3 aromatic rings. The number of rotatable bonds is 7. The summed E-state index contributed by atoms with van der Waals surface area (Å²) in [7, 11) is 0. The molecule has 2 aliphatic rings. The molecule has 10 heteroatoms. The molecule has 0 bridgehead atoms. The van der Waals surface area contributed by atoms with Crippen LogP contribution in [0.5, 0.6) is 0 Å². The average molecular weight is 474 g/mol. The van der Waals surface area contributed by atoms with E-state index in [1.807, 2.05) is 26.1 Å². The van der Waals surface area contributed by atoms with Crippen LogP contribution in [-0.4, -0.2) is 52.0 Å². The van der Waals surface area contributed by atoms with Crippen LogP contribution >= 0.6 is 0 Å². The lowest BCUT2D eigenvalue weighted by Gasteiger charge is -2.53. The van der Waals surface area contributed by atoms with Crippen LogP contribution in [0.15, 0.2) is 43.0 Å². The van der Waals surface area contributed by atoms with Crippen LogP contribution in [0.25, 0.3) is 0 Å². The number of carbonyl (C=O) groups excluding carboxylic acids is 1. The van der Waals surface area contributed by atoms with Crippen molar-refractivity contribution >= 4 is 34.7 Å². The second-order valence-electron chi connectivity index (χ2n) is 9.68. The predicted octanol–water partition coefficient (Wildman–Crippen LogP) is 3.17. The number of piperidine rings is 1. The Morgan fingerprint density at radius 1 is 1.03 bits per heavy atom. The number of nitrogens with two attached hydrogens (primary N) is 1. The zero-order chi connectivity index (χ0) is 24.4. The van der Waals surface area contributed by atoms with Gasteiger partial charge in [-0.25, -0.2) is 15.0 Å². The Morgan fingerprint density at radius 2 is 1.77 bits per heavy atom. The first-order chi connectivity index (χ1) is 16.9. The average Bonchev–Trinajstić information content (AvgIpc) is 2.84. The minimum Gasteiger partial charge on any atom is -0.369 e. The minimum absolute atomic E-state index is 0.154. The summed E-state index contributed by atoms with van der Waals surface area (Å²) in [5.74, 6) is 1.35. The summed E-state index contributed by atoms with van der Waals surface area (Å²) >= 11 is 0. The van der Waals surface area contributed by atoms with E-state index in [0.29, 0.717) is 28.6 Å². The summed E-state index contributed by atoms with van der Waals surface area (Å²) in [6, 6.07) is 5.75. The molecule has 10 nitrogen and oxygen atoms in total. The quantitative estimate of drug-likeness (QED) is 0.408. The molecule has 2 fully saturated rings. The number of nitrogens with one attached hydrogen (secondary N) is 3. The maximum absolute atomic E-state index is 12.0. The standard InChI is InChI=1S/C25H31N9O/c1-16(2)22-24(29-10-9-28-22)32-19-11-21(31-13-18(19)23(26)35)33-20-4-3-17(12-30-20)34-14-25(15-34)5-7-27-8-6-25/h3-4,9-13,16,27H,5-8,14-15H2,1-2H3,(H2,26,35)(H2,29,30,31,32,33). The summed E-state index contributed by atoms with van der Waals surface area (Å²) in [6.07, 6.45) is 9.08. The Hall–Kier alpha value is -3.79. The van der Waals surface area contributed by atoms with Crippen molar-refractivity contribution in [3.05, 3.63) is 54.2 Å².